The van der Waals surface area contributed by atoms with Crippen LogP contribution in [0.25, 0.3) is 10.9 Å². The van der Waals surface area contributed by atoms with E-state index in [1.807, 2.05) is 31.3 Å². The molecular formula is C21H31N6OS+. The number of nitrogens with one attached hydrogen (secondary N) is 3. The SMILES string of the molecule is CCCN1CC[N+](=C(N)SC(=N)C(=O)NC(C)Cc2c[nH]c3ccccc23)CC1. The van der Waals surface area contributed by atoms with Crippen molar-refractivity contribution in [3.05, 3.63) is 36.0 Å². The highest BCUT2D eigenvalue weighted by Gasteiger charge is 2.23. The van der Waals surface area contributed by atoms with Crippen molar-refractivity contribution in [1.82, 2.24) is 15.2 Å². The molecule has 0 saturated carbocycles. The van der Waals surface area contributed by atoms with Crippen LogP contribution in [0.15, 0.2) is 30.5 Å². The second kappa shape index (κ2) is 9.93. The summed E-state index contributed by atoms with van der Waals surface area (Å²) in [6, 6.07) is 8.03. The predicted octanol–water partition coefficient (Wildman–Crippen LogP) is 1.98. The molecule has 2 heterocycles. The summed E-state index contributed by atoms with van der Waals surface area (Å²) in [5, 5.41) is 12.7. The molecule has 8 heteroatoms. The fourth-order valence-corrected chi connectivity index (χ4v) is 4.37. The van der Waals surface area contributed by atoms with Crippen LogP contribution >= 0.6 is 11.8 Å². The molecule has 1 aliphatic rings. The molecule has 0 spiro atoms. The summed E-state index contributed by atoms with van der Waals surface area (Å²) in [5.74, 6) is -0.380. The van der Waals surface area contributed by atoms with Crippen molar-refractivity contribution in [2.75, 3.05) is 32.7 Å². The van der Waals surface area contributed by atoms with Crippen molar-refractivity contribution in [2.45, 2.75) is 32.7 Å². The zero-order valence-corrected chi connectivity index (χ0v) is 18.0. The second-order valence-corrected chi connectivity index (χ2v) is 8.57. The number of rotatable bonds is 5. The van der Waals surface area contributed by atoms with Gasteiger partial charge in [-0.05, 0) is 37.9 Å². The Morgan fingerprint density at radius 1 is 1.38 bits per heavy atom. The lowest BCUT2D eigenvalue weighted by Crippen LogP contribution is -2.45. The Balaban J connectivity index is 1.51. The van der Waals surface area contributed by atoms with E-state index in [1.165, 1.54) is 0 Å². The largest absolute Gasteiger partial charge is 0.361 e. The van der Waals surface area contributed by atoms with E-state index >= 15 is 0 Å². The Kier molecular flexibility index (Phi) is 7.33. The van der Waals surface area contributed by atoms with Crippen LogP contribution in [0, 0.1) is 5.41 Å². The van der Waals surface area contributed by atoms with Crippen LogP contribution in [0.2, 0.25) is 0 Å². The molecule has 1 atom stereocenters. The average Bonchev–Trinajstić information content (AvgIpc) is 3.11. The van der Waals surface area contributed by atoms with Gasteiger partial charge in [0.25, 0.3) is 5.91 Å². The number of hydrogen-bond acceptors (Lipinski definition) is 4. The van der Waals surface area contributed by atoms with E-state index in [2.05, 4.69) is 32.8 Å². The molecule has 1 fully saturated rings. The molecular weight excluding hydrogens is 384 g/mol. The highest BCUT2D eigenvalue weighted by molar-refractivity contribution is 8.27. The molecule has 5 N–H and O–H groups in total. The molecule has 1 amide bonds. The summed E-state index contributed by atoms with van der Waals surface area (Å²) >= 11 is 1.05. The molecule has 1 saturated heterocycles. The lowest BCUT2D eigenvalue weighted by molar-refractivity contribution is -0.538. The second-order valence-electron chi connectivity index (χ2n) is 7.54. The van der Waals surface area contributed by atoms with Crippen LogP contribution in [-0.2, 0) is 11.2 Å². The van der Waals surface area contributed by atoms with Gasteiger partial charge in [-0.25, -0.2) is 0 Å². The quantitative estimate of drug-likeness (QED) is 0.341. The number of aromatic amines is 1. The zero-order chi connectivity index (χ0) is 20.8. The van der Waals surface area contributed by atoms with E-state index in [4.69, 9.17) is 11.1 Å². The first-order chi connectivity index (χ1) is 14.0. The summed E-state index contributed by atoms with van der Waals surface area (Å²) in [5.41, 5.74) is 8.42. The minimum absolute atomic E-state index is 0.0655. The smallest absolute Gasteiger partial charge is 0.310 e. The van der Waals surface area contributed by atoms with Crippen LogP contribution < -0.4 is 11.1 Å². The molecule has 2 aromatic rings. The minimum atomic E-state index is -0.380. The lowest BCUT2D eigenvalue weighted by Gasteiger charge is -2.27. The molecule has 29 heavy (non-hydrogen) atoms. The van der Waals surface area contributed by atoms with Crippen molar-refractivity contribution < 1.29 is 9.37 Å². The van der Waals surface area contributed by atoms with Gasteiger partial charge in [0.15, 0.2) is 5.04 Å². The molecule has 1 unspecified atom stereocenters. The molecule has 156 valence electrons. The topological polar surface area (TPSA) is 101 Å². The number of nitrogens with zero attached hydrogens (tertiary/aromatic N) is 2. The number of hydrogen-bond donors (Lipinski definition) is 4. The van der Waals surface area contributed by atoms with E-state index in [1.54, 1.807) is 0 Å². The molecule has 7 nitrogen and oxygen atoms in total. The number of fused-ring (bicyclic) bond motifs is 1. The summed E-state index contributed by atoms with van der Waals surface area (Å²) in [6.07, 6.45) is 3.83. The van der Waals surface area contributed by atoms with Gasteiger partial charge in [-0.15, -0.1) is 0 Å². The normalized spacial score (nSPS) is 16.0. The van der Waals surface area contributed by atoms with Crippen molar-refractivity contribution in [3.63, 3.8) is 0 Å². The maximum absolute atomic E-state index is 12.4. The number of para-hydroxylation sites is 1. The molecule has 0 bridgehead atoms. The highest BCUT2D eigenvalue weighted by atomic mass is 32.2. The molecule has 1 aliphatic heterocycles. The Hall–Kier alpha value is -2.32. The minimum Gasteiger partial charge on any atom is -0.361 e. The molecule has 1 aromatic carbocycles. The molecule has 3 rings (SSSR count). The monoisotopic (exact) mass is 415 g/mol. The number of benzene rings is 1. The van der Waals surface area contributed by atoms with Gasteiger partial charge in [0.1, 0.15) is 0 Å². The highest BCUT2D eigenvalue weighted by Crippen LogP contribution is 2.19. The van der Waals surface area contributed by atoms with E-state index in [-0.39, 0.29) is 17.0 Å². The van der Waals surface area contributed by atoms with Crippen molar-refractivity contribution >= 4 is 38.8 Å². The number of carbonyl (C=O) groups excluding carboxylic acids is 1. The lowest BCUT2D eigenvalue weighted by atomic mass is 10.1. The number of H-pyrrole nitrogens is 1. The summed E-state index contributed by atoms with van der Waals surface area (Å²) in [4.78, 5) is 18.1. The fourth-order valence-electron chi connectivity index (χ4n) is 3.69. The van der Waals surface area contributed by atoms with Crippen molar-refractivity contribution in [1.29, 1.82) is 5.41 Å². The fraction of sp³-hybridized carbons (Fsp3) is 0.476. The van der Waals surface area contributed by atoms with Crippen molar-refractivity contribution in [2.24, 2.45) is 5.73 Å². The van der Waals surface area contributed by atoms with Crippen LogP contribution in [0.1, 0.15) is 25.8 Å². The number of thioether (sulfide) groups is 1. The van der Waals surface area contributed by atoms with Crippen LogP contribution in [-0.4, -0.2) is 69.3 Å². The summed E-state index contributed by atoms with van der Waals surface area (Å²) in [6.45, 7) is 8.86. The average molecular weight is 416 g/mol. The first-order valence-electron chi connectivity index (χ1n) is 10.2. The van der Waals surface area contributed by atoms with Gasteiger partial charge in [-0.2, -0.15) is 0 Å². The third kappa shape index (κ3) is 5.61. The van der Waals surface area contributed by atoms with E-state index in [0.29, 0.717) is 11.6 Å². The number of piperazine rings is 1. The Bertz CT molecular complexity index is 895. The van der Waals surface area contributed by atoms with Gasteiger partial charge in [-0.3, -0.25) is 25.4 Å². The van der Waals surface area contributed by atoms with Gasteiger partial charge in [-0.1, -0.05) is 25.1 Å². The standard InChI is InChI=1S/C21H30N6OS/c1-3-8-26-9-11-27(12-10-26)21(23)29-19(22)20(28)25-15(2)13-16-14-24-18-7-5-4-6-17(16)18/h4-7,14-15,22-24H,3,8-13H2,1-2H3,(H,25,28)/p+1. The van der Waals surface area contributed by atoms with Crippen LogP contribution in [0.4, 0.5) is 0 Å². The Labute approximate surface area is 176 Å². The molecule has 1 aromatic heterocycles. The van der Waals surface area contributed by atoms with E-state index < -0.39 is 0 Å². The van der Waals surface area contributed by atoms with E-state index in [9.17, 15) is 4.79 Å². The van der Waals surface area contributed by atoms with Crippen molar-refractivity contribution in [3.8, 4) is 0 Å². The Morgan fingerprint density at radius 3 is 2.83 bits per heavy atom. The maximum Gasteiger partial charge on any atom is 0.310 e. The third-order valence-electron chi connectivity index (χ3n) is 5.22. The Morgan fingerprint density at radius 2 is 2.10 bits per heavy atom. The number of carbonyl (C=O) groups is 1. The van der Waals surface area contributed by atoms with Gasteiger partial charge in [0, 0.05) is 48.0 Å². The van der Waals surface area contributed by atoms with Crippen LogP contribution in [0.3, 0.4) is 0 Å². The van der Waals surface area contributed by atoms with Gasteiger partial charge in [0.2, 0.25) is 0 Å². The first kappa shape index (κ1) is 21.4. The van der Waals surface area contributed by atoms with Gasteiger partial charge < -0.3 is 10.3 Å². The number of nitrogens with two attached hydrogens (primary N) is 1. The summed E-state index contributed by atoms with van der Waals surface area (Å²) < 4.78 is 2.06. The molecule has 0 radical (unpaired) electrons. The first-order valence-corrected chi connectivity index (χ1v) is 11.0. The zero-order valence-electron chi connectivity index (χ0n) is 17.2. The molecule has 0 aliphatic carbocycles. The van der Waals surface area contributed by atoms with Crippen LogP contribution in [0.5, 0.6) is 0 Å². The maximum atomic E-state index is 12.4. The number of aromatic nitrogens is 1. The van der Waals surface area contributed by atoms with Gasteiger partial charge in [0.05, 0.1) is 13.1 Å². The number of amidine groups is 1. The predicted molar refractivity (Wildman–Crippen MR) is 121 cm³/mol. The van der Waals surface area contributed by atoms with E-state index in [0.717, 1.165) is 67.4 Å². The number of amides is 1. The van der Waals surface area contributed by atoms with Gasteiger partial charge >= 0.3 is 5.17 Å². The summed E-state index contributed by atoms with van der Waals surface area (Å²) in [7, 11) is 0. The third-order valence-corrected chi connectivity index (χ3v) is 6.07.